The van der Waals surface area contributed by atoms with Crippen LogP contribution in [0, 0.1) is 5.92 Å². The number of rotatable bonds is 6. The molecule has 7 heteroatoms. The number of thioether (sulfide) groups is 1. The number of halogens is 2. The Morgan fingerprint density at radius 3 is 3.00 bits per heavy atom. The molecule has 0 saturated carbocycles. The highest BCUT2D eigenvalue weighted by molar-refractivity contribution is 7.99. The molecule has 1 fully saturated rings. The zero-order chi connectivity index (χ0) is 16.7. The van der Waals surface area contributed by atoms with E-state index >= 15 is 0 Å². The molecule has 1 unspecified atom stereocenters. The molecule has 2 amide bonds. The Labute approximate surface area is 139 Å². The van der Waals surface area contributed by atoms with Gasteiger partial charge in [0.2, 0.25) is 0 Å². The molecule has 0 aliphatic carbocycles. The van der Waals surface area contributed by atoms with Crippen molar-refractivity contribution in [1.82, 2.24) is 4.90 Å². The van der Waals surface area contributed by atoms with Crippen LogP contribution in [0.25, 0.3) is 0 Å². The van der Waals surface area contributed by atoms with Crippen LogP contribution in [0.2, 0.25) is 0 Å². The van der Waals surface area contributed by atoms with E-state index in [1.165, 1.54) is 0 Å². The highest BCUT2D eigenvalue weighted by atomic mass is 32.2. The summed E-state index contributed by atoms with van der Waals surface area (Å²) in [6, 6.07) is 6.39. The molecule has 1 heterocycles. The Kier molecular flexibility index (Phi) is 7.11. The molecule has 1 saturated heterocycles. The van der Waals surface area contributed by atoms with Gasteiger partial charge in [-0.25, -0.2) is 4.79 Å². The summed E-state index contributed by atoms with van der Waals surface area (Å²) < 4.78 is 30.6. The van der Waals surface area contributed by atoms with Crippen LogP contribution in [0.3, 0.4) is 0 Å². The Morgan fingerprint density at radius 1 is 1.48 bits per heavy atom. The summed E-state index contributed by atoms with van der Waals surface area (Å²) >= 11 is 0.439. The van der Waals surface area contributed by atoms with Gasteiger partial charge in [-0.3, -0.25) is 0 Å². The molecule has 1 aliphatic rings. The Balaban J connectivity index is 1.96. The van der Waals surface area contributed by atoms with Crippen LogP contribution < -0.4 is 5.32 Å². The number of likely N-dealkylation sites (tertiary alicyclic amines) is 1. The summed E-state index contributed by atoms with van der Waals surface area (Å²) in [7, 11) is 0. The van der Waals surface area contributed by atoms with Gasteiger partial charge in [-0.05, 0) is 31.9 Å². The minimum absolute atomic E-state index is 0.242. The SMILES string of the molecule is CCOCC1CCCN(C(=O)Nc2ccccc2SC(F)F)C1. The van der Waals surface area contributed by atoms with Gasteiger partial charge in [-0.15, -0.1) is 0 Å². The van der Waals surface area contributed by atoms with Crippen molar-refractivity contribution in [2.45, 2.75) is 30.4 Å². The van der Waals surface area contributed by atoms with Crippen molar-refractivity contribution in [3.8, 4) is 0 Å². The Bertz CT molecular complexity index is 517. The highest BCUT2D eigenvalue weighted by Gasteiger charge is 2.24. The van der Waals surface area contributed by atoms with Gasteiger partial charge in [0.15, 0.2) is 0 Å². The van der Waals surface area contributed by atoms with E-state index < -0.39 is 5.76 Å². The second kappa shape index (κ2) is 9.08. The molecule has 4 nitrogen and oxygen atoms in total. The lowest BCUT2D eigenvalue weighted by Gasteiger charge is -2.32. The minimum atomic E-state index is -2.52. The number of alkyl halides is 2. The number of urea groups is 1. The van der Waals surface area contributed by atoms with Crippen molar-refractivity contribution in [3.05, 3.63) is 24.3 Å². The number of nitrogens with zero attached hydrogens (tertiary/aromatic N) is 1. The van der Waals surface area contributed by atoms with Gasteiger partial charge >= 0.3 is 6.03 Å². The molecule has 0 aromatic heterocycles. The van der Waals surface area contributed by atoms with Crippen LogP contribution in [-0.2, 0) is 4.74 Å². The Morgan fingerprint density at radius 2 is 2.26 bits per heavy atom. The van der Waals surface area contributed by atoms with Crippen molar-refractivity contribution in [2.24, 2.45) is 5.92 Å². The van der Waals surface area contributed by atoms with E-state index in [-0.39, 0.29) is 6.03 Å². The van der Waals surface area contributed by atoms with E-state index in [1.54, 1.807) is 29.2 Å². The maximum Gasteiger partial charge on any atom is 0.321 e. The predicted molar refractivity (Wildman–Crippen MR) is 88.1 cm³/mol. The molecule has 23 heavy (non-hydrogen) atoms. The van der Waals surface area contributed by atoms with Crippen molar-refractivity contribution in [2.75, 3.05) is 31.6 Å². The fourth-order valence-corrected chi connectivity index (χ4v) is 3.23. The smallest absolute Gasteiger partial charge is 0.321 e. The van der Waals surface area contributed by atoms with Crippen molar-refractivity contribution in [3.63, 3.8) is 0 Å². The fourth-order valence-electron chi connectivity index (χ4n) is 2.63. The lowest BCUT2D eigenvalue weighted by atomic mass is 9.99. The van der Waals surface area contributed by atoms with E-state index in [2.05, 4.69) is 5.32 Å². The number of anilines is 1. The topological polar surface area (TPSA) is 41.6 Å². The second-order valence-electron chi connectivity index (χ2n) is 5.42. The van der Waals surface area contributed by atoms with Crippen LogP contribution in [0.5, 0.6) is 0 Å². The van der Waals surface area contributed by atoms with Crippen LogP contribution in [0.15, 0.2) is 29.2 Å². The third-order valence-corrected chi connectivity index (χ3v) is 4.50. The summed E-state index contributed by atoms with van der Waals surface area (Å²) in [6.07, 6.45) is 1.97. The molecule has 1 atom stereocenters. The zero-order valence-electron chi connectivity index (χ0n) is 13.1. The molecule has 0 spiro atoms. The van der Waals surface area contributed by atoms with Crippen molar-refractivity contribution < 1.29 is 18.3 Å². The summed E-state index contributed by atoms with van der Waals surface area (Å²) in [5, 5.41) is 2.75. The first kappa shape index (κ1) is 18.0. The fraction of sp³-hybridized carbons (Fsp3) is 0.562. The number of piperidine rings is 1. The molecule has 1 aliphatic heterocycles. The van der Waals surface area contributed by atoms with Gasteiger partial charge in [-0.1, -0.05) is 23.9 Å². The molecular weight excluding hydrogens is 322 g/mol. The van der Waals surface area contributed by atoms with E-state index in [1.807, 2.05) is 6.92 Å². The van der Waals surface area contributed by atoms with Gasteiger partial charge in [0.05, 0.1) is 12.3 Å². The van der Waals surface area contributed by atoms with Gasteiger partial charge in [0.1, 0.15) is 0 Å². The third-order valence-electron chi connectivity index (χ3n) is 3.71. The summed E-state index contributed by atoms with van der Waals surface area (Å²) in [5.41, 5.74) is 0.426. The third kappa shape index (κ3) is 5.66. The quantitative estimate of drug-likeness (QED) is 0.783. The first-order chi connectivity index (χ1) is 11.1. The van der Waals surface area contributed by atoms with E-state index in [0.717, 1.165) is 12.8 Å². The molecule has 1 N–H and O–H groups in total. The van der Waals surface area contributed by atoms with Gasteiger partial charge < -0.3 is 15.0 Å². The number of hydrogen-bond acceptors (Lipinski definition) is 3. The van der Waals surface area contributed by atoms with Crippen LogP contribution in [-0.4, -0.2) is 43.0 Å². The monoisotopic (exact) mass is 344 g/mol. The van der Waals surface area contributed by atoms with Crippen molar-refractivity contribution in [1.29, 1.82) is 0 Å². The van der Waals surface area contributed by atoms with E-state index in [9.17, 15) is 13.6 Å². The lowest BCUT2D eigenvalue weighted by molar-refractivity contribution is 0.0777. The maximum atomic E-state index is 12.6. The predicted octanol–water partition coefficient (Wildman–Crippen LogP) is 4.28. The number of carbonyl (C=O) groups excluding carboxylic acids is 1. The number of ether oxygens (including phenoxy) is 1. The molecule has 128 valence electrons. The largest absolute Gasteiger partial charge is 0.381 e. The standard InChI is InChI=1S/C16H22F2N2O2S/c1-2-22-11-12-6-5-9-20(10-12)16(21)19-13-7-3-4-8-14(13)23-15(17)18/h3-4,7-8,12,15H,2,5-6,9-11H2,1H3,(H,19,21). The first-order valence-electron chi connectivity index (χ1n) is 7.77. The average Bonchev–Trinajstić information content (AvgIpc) is 2.54. The van der Waals surface area contributed by atoms with Gasteiger partial charge in [0.25, 0.3) is 5.76 Å². The van der Waals surface area contributed by atoms with Gasteiger partial charge in [-0.2, -0.15) is 8.78 Å². The minimum Gasteiger partial charge on any atom is -0.381 e. The number of amides is 2. The van der Waals surface area contributed by atoms with Gasteiger partial charge in [0, 0.05) is 30.5 Å². The highest BCUT2D eigenvalue weighted by Crippen LogP contribution is 2.32. The summed E-state index contributed by atoms with van der Waals surface area (Å²) in [6.45, 7) is 4.58. The second-order valence-corrected chi connectivity index (χ2v) is 6.45. The summed E-state index contributed by atoms with van der Waals surface area (Å²) in [4.78, 5) is 14.5. The van der Waals surface area contributed by atoms with Crippen LogP contribution in [0.4, 0.5) is 19.3 Å². The van der Waals surface area contributed by atoms with E-state index in [0.29, 0.717) is 54.6 Å². The van der Waals surface area contributed by atoms with Crippen LogP contribution >= 0.6 is 11.8 Å². The molecule has 1 aromatic rings. The average molecular weight is 344 g/mol. The maximum absolute atomic E-state index is 12.6. The molecule has 1 aromatic carbocycles. The molecular formula is C16H22F2N2O2S. The first-order valence-corrected chi connectivity index (χ1v) is 8.65. The zero-order valence-corrected chi connectivity index (χ0v) is 14.0. The number of para-hydroxylation sites is 1. The molecule has 0 radical (unpaired) electrons. The number of benzene rings is 1. The molecule has 0 bridgehead atoms. The number of carbonyl (C=O) groups is 1. The normalized spacial score (nSPS) is 18.3. The molecule has 2 rings (SSSR count). The summed E-state index contributed by atoms with van der Waals surface area (Å²) in [5.74, 6) is -2.18. The van der Waals surface area contributed by atoms with Crippen molar-refractivity contribution >= 4 is 23.5 Å². The lowest BCUT2D eigenvalue weighted by Crippen LogP contribution is -2.43. The Hall–Kier alpha value is -1.34. The number of nitrogens with one attached hydrogen (secondary N) is 1. The van der Waals surface area contributed by atoms with E-state index in [4.69, 9.17) is 4.74 Å². The number of hydrogen-bond donors (Lipinski definition) is 1. The van der Waals surface area contributed by atoms with Crippen LogP contribution in [0.1, 0.15) is 19.8 Å².